The number of carbonyl (C=O) groups excluding carboxylic acids is 2. The number of nitrogens with zero attached hydrogens (tertiary/aromatic N) is 3. The van der Waals surface area contributed by atoms with E-state index in [0.29, 0.717) is 30.2 Å². The van der Waals surface area contributed by atoms with Crippen molar-refractivity contribution in [1.29, 1.82) is 0 Å². The standard InChI is InChI=1S/C22H29N5O4/c1-6-7-17(13-27(14-28)15(2)3)18-12-24-21(26-22(29)23-10-11-30-5)25-20(18)19-9-8-16(4)31-19/h6-9,12-15H,10-11H2,1-5H3,(H2,23,24,25,26,29)/b7-6-,17-13+. The number of amides is 3. The monoisotopic (exact) mass is 427 g/mol. The van der Waals surface area contributed by atoms with Crippen LogP contribution >= 0.6 is 0 Å². The highest BCUT2D eigenvalue weighted by molar-refractivity contribution is 5.88. The molecule has 2 rings (SSSR count). The lowest BCUT2D eigenvalue weighted by Crippen LogP contribution is -2.32. The van der Waals surface area contributed by atoms with Crippen LogP contribution in [-0.2, 0) is 9.53 Å². The molecule has 0 unspecified atom stereocenters. The number of methoxy groups -OCH3 is 1. The smallest absolute Gasteiger partial charge is 0.321 e. The summed E-state index contributed by atoms with van der Waals surface area (Å²) < 4.78 is 10.7. The molecular formula is C22H29N5O4. The lowest BCUT2D eigenvalue weighted by Gasteiger charge is -2.19. The van der Waals surface area contributed by atoms with Gasteiger partial charge < -0.3 is 19.4 Å². The quantitative estimate of drug-likeness (QED) is 0.341. The van der Waals surface area contributed by atoms with E-state index >= 15 is 0 Å². The number of aryl methyl sites for hydroxylation is 1. The molecule has 0 aliphatic carbocycles. The van der Waals surface area contributed by atoms with Crippen LogP contribution in [-0.4, -0.2) is 53.6 Å². The predicted octanol–water partition coefficient (Wildman–Crippen LogP) is 3.60. The number of rotatable bonds is 10. The van der Waals surface area contributed by atoms with Crippen molar-refractivity contribution >= 4 is 24.0 Å². The molecule has 31 heavy (non-hydrogen) atoms. The average Bonchev–Trinajstić information content (AvgIpc) is 3.17. The third-order valence-electron chi connectivity index (χ3n) is 4.24. The molecule has 0 bridgehead atoms. The van der Waals surface area contributed by atoms with Gasteiger partial charge >= 0.3 is 6.03 Å². The fourth-order valence-corrected chi connectivity index (χ4v) is 2.66. The van der Waals surface area contributed by atoms with Gasteiger partial charge in [-0.2, -0.15) is 0 Å². The van der Waals surface area contributed by atoms with Crippen LogP contribution in [0.25, 0.3) is 17.0 Å². The molecule has 9 nitrogen and oxygen atoms in total. The molecule has 0 spiro atoms. The molecule has 0 aromatic carbocycles. The van der Waals surface area contributed by atoms with Gasteiger partial charge in [0.25, 0.3) is 0 Å². The second-order valence-corrected chi connectivity index (χ2v) is 6.97. The first-order chi connectivity index (χ1) is 14.9. The van der Waals surface area contributed by atoms with E-state index in [1.807, 2.05) is 45.9 Å². The van der Waals surface area contributed by atoms with Gasteiger partial charge in [-0.15, -0.1) is 0 Å². The van der Waals surface area contributed by atoms with E-state index in [4.69, 9.17) is 9.15 Å². The Kier molecular flexibility index (Phi) is 8.95. The zero-order chi connectivity index (χ0) is 22.8. The van der Waals surface area contributed by atoms with Gasteiger partial charge in [0, 0.05) is 43.2 Å². The number of anilines is 1. The van der Waals surface area contributed by atoms with Gasteiger partial charge in [-0.1, -0.05) is 12.2 Å². The summed E-state index contributed by atoms with van der Waals surface area (Å²) >= 11 is 0. The number of allylic oxidation sites excluding steroid dienone is 3. The molecule has 0 aliphatic rings. The summed E-state index contributed by atoms with van der Waals surface area (Å²) in [7, 11) is 1.56. The van der Waals surface area contributed by atoms with Gasteiger partial charge in [0.2, 0.25) is 12.4 Å². The van der Waals surface area contributed by atoms with Crippen molar-refractivity contribution < 1.29 is 18.7 Å². The second kappa shape index (κ2) is 11.7. The third-order valence-corrected chi connectivity index (χ3v) is 4.24. The van der Waals surface area contributed by atoms with E-state index in [-0.39, 0.29) is 12.0 Å². The molecule has 0 saturated carbocycles. The molecule has 2 heterocycles. The van der Waals surface area contributed by atoms with Crippen molar-refractivity contribution in [3.63, 3.8) is 0 Å². The van der Waals surface area contributed by atoms with Gasteiger partial charge in [0.05, 0.1) is 6.61 Å². The number of ether oxygens (including phenoxy) is 1. The molecule has 0 atom stereocenters. The van der Waals surface area contributed by atoms with Crippen LogP contribution in [0.4, 0.5) is 10.7 Å². The van der Waals surface area contributed by atoms with Crippen molar-refractivity contribution in [1.82, 2.24) is 20.2 Å². The van der Waals surface area contributed by atoms with Gasteiger partial charge in [0.1, 0.15) is 11.5 Å². The molecule has 166 valence electrons. The Labute approximate surface area is 182 Å². The Morgan fingerprint density at radius 2 is 2.13 bits per heavy atom. The average molecular weight is 428 g/mol. The number of urea groups is 1. The van der Waals surface area contributed by atoms with Crippen molar-refractivity contribution in [2.24, 2.45) is 0 Å². The number of furan rings is 1. The summed E-state index contributed by atoms with van der Waals surface area (Å²) in [6.07, 6.45) is 7.83. The lowest BCUT2D eigenvalue weighted by molar-refractivity contribution is -0.117. The molecule has 2 N–H and O–H groups in total. The van der Waals surface area contributed by atoms with Gasteiger partial charge in [-0.3, -0.25) is 10.1 Å². The Morgan fingerprint density at radius 3 is 2.71 bits per heavy atom. The van der Waals surface area contributed by atoms with E-state index in [2.05, 4.69) is 20.6 Å². The van der Waals surface area contributed by atoms with Crippen molar-refractivity contribution in [3.8, 4) is 11.5 Å². The number of hydrogen-bond acceptors (Lipinski definition) is 6. The van der Waals surface area contributed by atoms with Crippen molar-refractivity contribution in [2.75, 3.05) is 25.6 Å². The summed E-state index contributed by atoms with van der Waals surface area (Å²) in [5, 5.41) is 5.27. The van der Waals surface area contributed by atoms with E-state index in [1.54, 1.807) is 30.5 Å². The van der Waals surface area contributed by atoms with Crippen LogP contribution in [0.2, 0.25) is 0 Å². The number of nitrogens with one attached hydrogen (secondary N) is 2. The first kappa shape index (κ1) is 23.8. The van der Waals surface area contributed by atoms with Gasteiger partial charge in [-0.25, -0.2) is 14.8 Å². The summed E-state index contributed by atoms with van der Waals surface area (Å²) in [4.78, 5) is 33.9. The maximum absolute atomic E-state index is 12.1. The van der Waals surface area contributed by atoms with E-state index in [0.717, 1.165) is 17.7 Å². The predicted molar refractivity (Wildman–Crippen MR) is 119 cm³/mol. The van der Waals surface area contributed by atoms with Crippen LogP contribution in [0.3, 0.4) is 0 Å². The van der Waals surface area contributed by atoms with Crippen molar-refractivity contribution in [2.45, 2.75) is 33.7 Å². The zero-order valence-corrected chi connectivity index (χ0v) is 18.5. The molecule has 0 saturated heterocycles. The van der Waals surface area contributed by atoms with Crippen LogP contribution in [0.15, 0.2) is 41.1 Å². The highest BCUT2D eigenvalue weighted by atomic mass is 16.5. The molecule has 2 aromatic rings. The van der Waals surface area contributed by atoms with Crippen LogP contribution in [0.1, 0.15) is 32.1 Å². The topological polar surface area (TPSA) is 110 Å². The van der Waals surface area contributed by atoms with Crippen LogP contribution < -0.4 is 10.6 Å². The van der Waals surface area contributed by atoms with Crippen molar-refractivity contribution in [3.05, 3.63) is 48.0 Å². The van der Waals surface area contributed by atoms with E-state index in [1.165, 1.54) is 0 Å². The lowest BCUT2D eigenvalue weighted by atomic mass is 10.0. The SMILES string of the molecule is C/C=C\C(=C/N(C=O)C(C)C)c1cnc(NC(=O)NCCOC)nc1-c1ccc(C)o1. The Balaban J connectivity index is 2.49. The largest absolute Gasteiger partial charge is 0.460 e. The molecule has 9 heteroatoms. The summed E-state index contributed by atoms with van der Waals surface area (Å²) in [6.45, 7) is 8.30. The Hall–Kier alpha value is -3.46. The highest BCUT2D eigenvalue weighted by Crippen LogP contribution is 2.30. The van der Waals surface area contributed by atoms with Gasteiger partial charge in [-0.05, 0) is 39.8 Å². The molecule has 3 amide bonds. The molecular weight excluding hydrogens is 398 g/mol. The van der Waals surface area contributed by atoms with Crippen LogP contribution in [0.5, 0.6) is 0 Å². The fraction of sp³-hybridized carbons (Fsp3) is 0.364. The summed E-state index contributed by atoms with van der Waals surface area (Å²) in [5.74, 6) is 1.37. The maximum atomic E-state index is 12.1. The first-order valence-electron chi connectivity index (χ1n) is 9.94. The fourth-order valence-electron chi connectivity index (χ4n) is 2.66. The minimum absolute atomic E-state index is 0.0234. The molecule has 0 fully saturated rings. The van der Waals surface area contributed by atoms with E-state index in [9.17, 15) is 9.59 Å². The van der Waals surface area contributed by atoms with E-state index < -0.39 is 6.03 Å². The third kappa shape index (κ3) is 6.78. The number of aromatic nitrogens is 2. The first-order valence-corrected chi connectivity index (χ1v) is 9.94. The van der Waals surface area contributed by atoms with Gasteiger partial charge in [0.15, 0.2) is 5.76 Å². The second-order valence-electron chi connectivity index (χ2n) is 6.97. The minimum atomic E-state index is -0.442. The maximum Gasteiger partial charge on any atom is 0.321 e. The Bertz CT molecular complexity index is 949. The zero-order valence-electron chi connectivity index (χ0n) is 18.5. The molecule has 0 aliphatic heterocycles. The number of carbonyl (C=O) groups is 2. The summed E-state index contributed by atoms with van der Waals surface area (Å²) in [5.41, 5.74) is 1.88. The molecule has 2 aromatic heterocycles. The molecule has 0 radical (unpaired) electrons. The number of hydrogen-bond donors (Lipinski definition) is 2. The summed E-state index contributed by atoms with van der Waals surface area (Å²) in [6, 6.07) is 3.17. The normalized spacial score (nSPS) is 11.7. The minimum Gasteiger partial charge on any atom is -0.460 e. The highest BCUT2D eigenvalue weighted by Gasteiger charge is 2.17. The van der Waals surface area contributed by atoms with Crippen LogP contribution in [0, 0.1) is 6.92 Å². The Morgan fingerprint density at radius 1 is 1.35 bits per heavy atom.